The molecule has 1 rings (SSSR count). The number of β-amino-alcohol motifs (C(OH)–C–C–N with tert-alkyl or cyclic N) is 1. The fourth-order valence-corrected chi connectivity index (χ4v) is 2.86. The molecule has 2 amide bonds. The Morgan fingerprint density at radius 1 is 1.07 bits per heavy atom. The van der Waals surface area contributed by atoms with Gasteiger partial charge in [0.2, 0.25) is 11.8 Å². The number of rotatable bonds is 7. The third-order valence-corrected chi connectivity index (χ3v) is 4.26. The van der Waals surface area contributed by atoms with E-state index in [-0.39, 0.29) is 13.0 Å². The van der Waals surface area contributed by atoms with Crippen molar-refractivity contribution in [3.8, 4) is 0 Å². The summed E-state index contributed by atoms with van der Waals surface area (Å²) in [6.07, 6.45) is -1.46. The van der Waals surface area contributed by atoms with E-state index < -0.39 is 60.2 Å². The maximum absolute atomic E-state index is 12.6. The van der Waals surface area contributed by atoms with Crippen molar-refractivity contribution >= 4 is 29.7 Å². The number of amides is 2. The summed E-state index contributed by atoms with van der Waals surface area (Å²) in [6.45, 7) is 1.21. The van der Waals surface area contributed by atoms with Crippen LogP contribution >= 0.6 is 0 Å². The topological polar surface area (TPSA) is 149 Å². The summed E-state index contributed by atoms with van der Waals surface area (Å²) in [7, 11) is 3.22. The van der Waals surface area contributed by atoms with Crippen molar-refractivity contribution in [3.05, 3.63) is 0 Å². The molecule has 4 atom stereocenters. The smallest absolute Gasteiger partial charge is 0.329 e. The van der Waals surface area contributed by atoms with Crippen molar-refractivity contribution in [2.75, 3.05) is 27.9 Å². The predicted molar refractivity (Wildman–Crippen MR) is 87.9 cm³/mol. The van der Waals surface area contributed by atoms with Gasteiger partial charge in [-0.25, -0.2) is 4.79 Å². The molecule has 11 heteroatoms. The third kappa shape index (κ3) is 5.64. The van der Waals surface area contributed by atoms with Gasteiger partial charge in [-0.05, 0) is 0 Å². The molecule has 0 saturated carbocycles. The summed E-state index contributed by atoms with van der Waals surface area (Å²) < 4.78 is 13.7. The Bertz CT molecular complexity index is 607. The summed E-state index contributed by atoms with van der Waals surface area (Å²) in [5.41, 5.74) is 0. The third-order valence-electron chi connectivity index (χ3n) is 4.26. The van der Waals surface area contributed by atoms with Crippen LogP contribution in [0.5, 0.6) is 0 Å². The van der Waals surface area contributed by atoms with Gasteiger partial charge in [-0.15, -0.1) is 0 Å². The number of methoxy groups -OCH3 is 3. The fraction of sp³-hybridized carbons (Fsp3) is 0.688. The summed E-state index contributed by atoms with van der Waals surface area (Å²) in [4.78, 5) is 61.2. The Hall–Kier alpha value is -2.69. The number of hydrogen-bond acceptors (Lipinski definition) is 9. The Labute approximate surface area is 155 Å². The second-order valence-electron chi connectivity index (χ2n) is 6.00. The zero-order chi connectivity index (χ0) is 20.7. The molecule has 0 aliphatic carbocycles. The molecule has 1 heterocycles. The molecule has 1 fully saturated rings. The lowest BCUT2D eigenvalue weighted by Crippen LogP contribution is -2.55. The Morgan fingerprint density at radius 3 is 2.15 bits per heavy atom. The number of ether oxygens (including phenoxy) is 3. The standard InChI is InChI=1S/C16H24N2O9/c1-8(19)18-7-9(20)5-11(18)14(22)17-13(16(24)27-4)10(15(23)26-3)6-12(21)25-2/h9-11,13,20H,5-7H2,1-4H3,(H,17,22)/t9-,10-,11+,13+/m1/s1. The molecule has 0 radical (unpaired) electrons. The molecule has 152 valence electrons. The maximum Gasteiger partial charge on any atom is 0.329 e. The first-order chi connectivity index (χ1) is 12.7. The predicted octanol–water partition coefficient (Wildman–Crippen LogP) is -2.02. The lowest BCUT2D eigenvalue weighted by Gasteiger charge is -2.27. The molecule has 0 aromatic rings. The van der Waals surface area contributed by atoms with Gasteiger partial charge in [0.1, 0.15) is 12.1 Å². The van der Waals surface area contributed by atoms with Crippen molar-refractivity contribution in [2.24, 2.45) is 5.92 Å². The maximum atomic E-state index is 12.6. The van der Waals surface area contributed by atoms with Crippen molar-refractivity contribution in [2.45, 2.75) is 38.0 Å². The fourth-order valence-electron chi connectivity index (χ4n) is 2.86. The zero-order valence-corrected chi connectivity index (χ0v) is 15.6. The van der Waals surface area contributed by atoms with Gasteiger partial charge in [0.25, 0.3) is 0 Å². The first kappa shape index (κ1) is 22.4. The molecule has 0 aromatic carbocycles. The lowest BCUT2D eigenvalue weighted by atomic mass is 9.95. The van der Waals surface area contributed by atoms with Crippen LogP contribution in [0.15, 0.2) is 0 Å². The van der Waals surface area contributed by atoms with Crippen LogP contribution in [0.3, 0.4) is 0 Å². The van der Waals surface area contributed by atoms with Gasteiger partial charge in [-0.1, -0.05) is 0 Å². The van der Waals surface area contributed by atoms with Crippen LogP contribution in [0.1, 0.15) is 19.8 Å². The highest BCUT2D eigenvalue weighted by Crippen LogP contribution is 2.20. The van der Waals surface area contributed by atoms with Crippen LogP contribution in [0.2, 0.25) is 0 Å². The molecular formula is C16H24N2O9. The number of nitrogens with zero attached hydrogens (tertiary/aromatic N) is 1. The SMILES string of the molecule is COC(=O)C[C@@H](C(=O)OC)[C@H](NC(=O)[C@@H]1C[C@@H](O)CN1C(C)=O)C(=O)OC. The van der Waals surface area contributed by atoms with Crippen molar-refractivity contribution in [3.63, 3.8) is 0 Å². The minimum Gasteiger partial charge on any atom is -0.469 e. The van der Waals surface area contributed by atoms with E-state index in [1.54, 1.807) is 0 Å². The first-order valence-corrected chi connectivity index (χ1v) is 8.14. The summed E-state index contributed by atoms with van der Waals surface area (Å²) in [6, 6.07) is -2.57. The van der Waals surface area contributed by atoms with Crippen LogP contribution in [0, 0.1) is 5.92 Å². The molecule has 27 heavy (non-hydrogen) atoms. The van der Waals surface area contributed by atoms with Crippen molar-refractivity contribution < 1.29 is 43.3 Å². The van der Waals surface area contributed by atoms with Gasteiger partial charge in [0.05, 0.1) is 39.8 Å². The van der Waals surface area contributed by atoms with E-state index in [2.05, 4.69) is 19.5 Å². The van der Waals surface area contributed by atoms with E-state index in [0.29, 0.717) is 0 Å². The number of likely N-dealkylation sites (tertiary alicyclic amines) is 1. The van der Waals surface area contributed by atoms with Gasteiger partial charge in [-0.2, -0.15) is 0 Å². The Kier molecular flexibility index (Phi) is 8.16. The molecular weight excluding hydrogens is 364 g/mol. The average Bonchev–Trinajstić information content (AvgIpc) is 3.05. The van der Waals surface area contributed by atoms with E-state index in [4.69, 9.17) is 0 Å². The number of carbonyl (C=O) groups is 5. The van der Waals surface area contributed by atoms with Gasteiger partial charge in [0, 0.05) is 19.9 Å². The van der Waals surface area contributed by atoms with Crippen LogP contribution in [0.25, 0.3) is 0 Å². The highest BCUT2D eigenvalue weighted by atomic mass is 16.5. The molecule has 0 bridgehead atoms. The minimum absolute atomic E-state index is 0.0286. The molecule has 1 aliphatic rings. The van der Waals surface area contributed by atoms with E-state index in [1.165, 1.54) is 6.92 Å². The number of carbonyl (C=O) groups excluding carboxylic acids is 5. The average molecular weight is 388 g/mol. The quantitative estimate of drug-likeness (QED) is 0.372. The second kappa shape index (κ2) is 9.86. The Balaban J connectivity index is 3.09. The molecule has 1 aliphatic heterocycles. The highest BCUT2D eigenvalue weighted by Gasteiger charge is 2.43. The summed E-state index contributed by atoms with van der Waals surface area (Å²) in [5.74, 6) is -5.29. The highest BCUT2D eigenvalue weighted by molar-refractivity contribution is 5.94. The number of nitrogens with one attached hydrogen (secondary N) is 1. The zero-order valence-electron chi connectivity index (χ0n) is 15.6. The summed E-state index contributed by atoms with van der Waals surface area (Å²) in [5, 5.41) is 12.1. The second-order valence-corrected chi connectivity index (χ2v) is 6.00. The van der Waals surface area contributed by atoms with Crippen molar-refractivity contribution in [1.29, 1.82) is 0 Å². The van der Waals surface area contributed by atoms with E-state index >= 15 is 0 Å². The number of hydrogen-bond donors (Lipinski definition) is 2. The van der Waals surface area contributed by atoms with Crippen molar-refractivity contribution in [1.82, 2.24) is 10.2 Å². The molecule has 0 aromatic heterocycles. The molecule has 0 spiro atoms. The van der Waals surface area contributed by atoms with Crippen LogP contribution in [-0.2, 0) is 38.2 Å². The minimum atomic E-state index is -1.54. The van der Waals surface area contributed by atoms with E-state index in [1.807, 2.05) is 0 Å². The molecule has 11 nitrogen and oxygen atoms in total. The largest absolute Gasteiger partial charge is 0.469 e. The number of aliphatic hydroxyl groups is 1. The van der Waals surface area contributed by atoms with Gasteiger partial charge in [-0.3, -0.25) is 19.2 Å². The van der Waals surface area contributed by atoms with Crippen LogP contribution in [-0.4, -0.2) is 85.8 Å². The first-order valence-electron chi connectivity index (χ1n) is 8.14. The number of esters is 3. The molecule has 0 unspecified atom stereocenters. The van der Waals surface area contributed by atoms with Gasteiger partial charge in [0.15, 0.2) is 0 Å². The lowest BCUT2D eigenvalue weighted by molar-refractivity contribution is -0.159. The molecule has 2 N–H and O–H groups in total. The van der Waals surface area contributed by atoms with E-state index in [0.717, 1.165) is 26.2 Å². The van der Waals surface area contributed by atoms with Gasteiger partial charge < -0.3 is 29.5 Å². The van der Waals surface area contributed by atoms with Crippen LogP contribution < -0.4 is 5.32 Å². The van der Waals surface area contributed by atoms with Crippen LogP contribution in [0.4, 0.5) is 0 Å². The van der Waals surface area contributed by atoms with Gasteiger partial charge >= 0.3 is 17.9 Å². The van der Waals surface area contributed by atoms with E-state index in [9.17, 15) is 29.1 Å². The Morgan fingerprint density at radius 2 is 1.67 bits per heavy atom. The summed E-state index contributed by atoms with van der Waals surface area (Å²) >= 11 is 0. The monoisotopic (exact) mass is 388 g/mol. The number of aliphatic hydroxyl groups excluding tert-OH is 1. The molecule has 1 saturated heterocycles. The normalized spacial score (nSPS) is 21.0.